The summed E-state index contributed by atoms with van der Waals surface area (Å²) in [6, 6.07) is 15.1. The van der Waals surface area contributed by atoms with E-state index in [9.17, 15) is 5.11 Å². The second-order valence-electron chi connectivity index (χ2n) is 4.30. The molecule has 0 spiro atoms. The summed E-state index contributed by atoms with van der Waals surface area (Å²) in [5, 5.41) is 9.90. The zero-order chi connectivity index (χ0) is 14.4. The maximum Gasteiger partial charge on any atom is 0.119 e. The summed E-state index contributed by atoms with van der Waals surface area (Å²) < 4.78 is 6.55. The third kappa shape index (κ3) is 5.07. The van der Waals surface area contributed by atoms with Crippen molar-refractivity contribution in [3.63, 3.8) is 0 Å². The quantitative estimate of drug-likeness (QED) is 0.615. The molecule has 0 radical (unpaired) electrons. The van der Waals surface area contributed by atoms with Gasteiger partial charge in [-0.05, 0) is 48.5 Å². The van der Waals surface area contributed by atoms with Crippen LogP contribution < -0.4 is 10.5 Å². The van der Waals surface area contributed by atoms with Crippen molar-refractivity contribution < 1.29 is 9.84 Å². The summed E-state index contributed by atoms with van der Waals surface area (Å²) in [6.45, 7) is 0.271. The van der Waals surface area contributed by atoms with E-state index in [2.05, 4.69) is 15.9 Å². The first-order chi connectivity index (χ1) is 9.63. The van der Waals surface area contributed by atoms with Gasteiger partial charge in [0.15, 0.2) is 0 Å². The molecule has 0 amide bonds. The molecule has 3 nitrogen and oxygen atoms in total. The Morgan fingerprint density at radius 2 is 1.75 bits per heavy atom. The standard InChI is InChI=1S/C15H16BrNO2S/c16-11-1-7-15(8-2-11)20-10-13(18)9-19-14-5-3-12(17)4-6-14/h1-8,13,18H,9-10,17H2. The Labute approximate surface area is 131 Å². The third-order valence-electron chi connectivity index (χ3n) is 2.58. The number of anilines is 1. The van der Waals surface area contributed by atoms with Crippen LogP contribution in [-0.2, 0) is 0 Å². The minimum Gasteiger partial charge on any atom is -0.491 e. The largest absolute Gasteiger partial charge is 0.491 e. The smallest absolute Gasteiger partial charge is 0.119 e. The highest BCUT2D eigenvalue weighted by Gasteiger charge is 2.06. The number of hydrogen-bond acceptors (Lipinski definition) is 4. The lowest BCUT2D eigenvalue weighted by Gasteiger charge is -2.12. The Balaban J connectivity index is 1.73. The van der Waals surface area contributed by atoms with E-state index in [1.807, 2.05) is 24.3 Å². The van der Waals surface area contributed by atoms with Gasteiger partial charge in [-0.25, -0.2) is 0 Å². The van der Waals surface area contributed by atoms with E-state index < -0.39 is 6.10 Å². The van der Waals surface area contributed by atoms with Gasteiger partial charge in [0.05, 0.1) is 6.10 Å². The van der Waals surface area contributed by atoms with E-state index in [-0.39, 0.29) is 6.61 Å². The van der Waals surface area contributed by atoms with Crippen LogP contribution in [0.25, 0.3) is 0 Å². The molecule has 3 N–H and O–H groups in total. The molecule has 1 atom stereocenters. The van der Waals surface area contributed by atoms with Gasteiger partial charge >= 0.3 is 0 Å². The van der Waals surface area contributed by atoms with Crippen LogP contribution in [0, 0.1) is 0 Å². The molecule has 0 heterocycles. The van der Waals surface area contributed by atoms with Crippen molar-refractivity contribution in [2.45, 2.75) is 11.0 Å². The number of benzene rings is 2. The van der Waals surface area contributed by atoms with Crippen molar-refractivity contribution in [3.8, 4) is 5.75 Å². The van der Waals surface area contributed by atoms with Crippen molar-refractivity contribution in [1.82, 2.24) is 0 Å². The number of nitrogens with two attached hydrogens (primary N) is 1. The molecule has 0 saturated carbocycles. The molecule has 2 aromatic rings. The number of rotatable bonds is 6. The molecule has 0 fully saturated rings. The molecule has 5 heteroatoms. The summed E-state index contributed by atoms with van der Waals surface area (Å²) in [6.07, 6.45) is -0.513. The fourth-order valence-corrected chi connectivity index (χ4v) is 2.60. The van der Waals surface area contributed by atoms with Gasteiger partial charge in [0.25, 0.3) is 0 Å². The maximum atomic E-state index is 9.90. The van der Waals surface area contributed by atoms with Gasteiger partial charge in [0, 0.05) is 20.8 Å². The summed E-state index contributed by atoms with van der Waals surface area (Å²) >= 11 is 5.00. The normalized spacial score (nSPS) is 12.1. The molecular weight excluding hydrogens is 338 g/mol. The maximum absolute atomic E-state index is 9.90. The summed E-state index contributed by atoms with van der Waals surface area (Å²) in [7, 11) is 0. The van der Waals surface area contributed by atoms with Gasteiger partial charge in [0.1, 0.15) is 12.4 Å². The van der Waals surface area contributed by atoms with E-state index in [0.29, 0.717) is 17.2 Å². The number of nitrogen functional groups attached to an aromatic ring is 1. The highest BCUT2D eigenvalue weighted by molar-refractivity contribution is 9.10. The van der Waals surface area contributed by atoms with Crippen LogP contribution in [0.2, 0.25) is 0 Å². The molecule has 0 aliphatic heterocycles. The van der Waals surface area contributed by atoms with Gasteiger partial charge < -0.3 is 15.6 Å². The van der Waals surface area contributed by atoms with E-state index in [1.54, 1.807) is 36.0 Å². The van der Waals surface area contributed by atoms with Crippen molar-refractivity contribution in [3.05, 3.63) is 53.0 Å². The Morgan fingerprint density at radius 3 is 2.40 bits per heavy atom. The Hall–Kier alpha value is -1.17. The Morgan fingerprint density at radius 1 is 1.10 bits per heavy atom. The Kier molecular flexibility index (Phi) is 5.76. The summed E-state index contributed by atoms with van der Waals surface area (Å²) in [5.74, 6) is 1.31. The number of aliphatic hydroxyl groups excluding tert-OH is 1. The molecule has 2 aromatic carbocycles. The average Bonchev–Trinajstić information content (AvgIpc) is 2.46. The van der Waals surface area contributed by atoms with E-state index in [0.717, 1.165) is 9.37 Å². The SMILES string of the molecule is Nc1ccc(OCC(O)CSc2ccc(Br)cc2)cc1. The molecule has 0 bridgehead atoms. The first-order valence-electron chi connectivity index (χ1n) is 6.18. The average molecular weight is 354 g/mol. The fraction of sp³-hybridized carbons (Fsp3) is 0.200. The van der Waals surface area contributed by atoms with Gasteiger partial charge in [-0.15, -0.1) is 11.8 Å². The van der Waals surface area contributed by atoms with Crippen LogP contribution >= 0.6 is 27.7 Å². The van der Waals surface area contributed by atoms with Crippen LogP contribution in [0.5, 0.6) is 5.75 Å². The molecule has 0 aliphatic carbocycles. The molecule has 0 saturated heterocycles. The zero-order valence-electron chi connectivity index (χ0n) is 10.8. The second-order valence-corrected chi connectivity index (χ2v) is 6.31. The van der Waals surface area contributed by atoms with Crippen LogP contribution in [-0.4, -0.2) is 23.6 Å². The first kappa shape index (κ1) is 15.2. The number of aliphatic hydroxyl groups is 1. The van der Waals surface area contributed by atoms with E-state index >= 15 is 0 Å². The van der Waals surface area contributed by atoms with E-state index in [1.165, 1.54) is 0 Å². The van der Waals surface area contributed by atoms with Gasteiger partial charge in [0.2, 0.25) is 0 Å². The van der Waals surface area contributed by atoms with Crippen molar-refractivity contribution in [2.75, 3.05) is 18.1 Å². The lowest BCUT2D eigenvalue weighted by atomic mass is 10.3. The molecule has 0 aliphatic rings. The van der Waals surface area contributed by atoms with Crippen molar-refractivity contribution in [1.29, 1.82) is 0 Å². The molecule has 20 heavy (non-hydrogen) atoms. The minimum atomic E-state index is -0.513. The third-order valence-corrected chi connectivity index (χ3v) is 4.26. The van der Waals surface area contributed by atoms with Crippen LogP contribution in [0.15, 0.2) is 57.9 Å². The van der Waals surface area contributed by atoms with Crippen LogP contribution in [0.3, 0.4) is 0 Å². The van der Waals surface area contributed by atoms with Crippen molar-refractivity contribution in [2.24, 2.45) is 0 Å². The summed E-state index contributed by atoms with van der Waals surface area (Å²) in [4.78, 5) is 1.12. The molecule has 1 unspecified atom stereocenters. The number of halogens is 1. The van der Waals surface area contributed by atoms with Crippen LogP contribution in [0.4, 0.5) is 5.69 Å². The Bertz CT molecular complexity index is 481. The number of thioether (sulfide) groups is 1. The van der Waals surface area contributed by atoms with Gasteiger partial charge in [-0.2, -0.15) is 0 Å². The second kappa shape index (κ2) is 7.57. The first-order valence-corrected chi connectivity index (χ1v) is 7.96. The molecule has 106 valence electrons. The lowest BCUT2D eigenvalue weighted by Crippen LogP contribution is -2.20. The zero-order valence-corrected chi connectivity index (χ0v) is 13.2. The number of ether oxygens (including phenoxy) is 1. The monoisotopic (exact) mass is 353 g/mol. The summed E-state index contributed by atoms with van der Waals surface area (Å²) in [5.41, 5.74) is 6.29. The van der Waals surface area contributed by atoms with Crippen LogP contribution in [0.1, 0.15) is 0 Å². The number of hydrogen-bond donors (Lipinski definition) is 2. The highest BCUT2D eigenvalue weighted by Crippen LogP contribution is 2.21. The molecular formula is C15H16BrNO2S. The predicted octanol–water partition coefficient (Wildman–Crippen LogP) is 3.56. The van der Waals surface area contributed by atoms with Gasteiger partial charge in [-0.1, -0.05) is 15.9 Å². The highest BCUT2D eigenvalue weighted by atomic mass is 79.9. The lowest BCUT2D eigenvalue weighted by molar-refractivity contribution is 0.126. The molecule has 2 rings (SSSR count). The van der Waals surface area contributed by atoms with Crippen molar-refractivity contribution >= 4 is 33.4 Å². The predicted molar refractivity (Wildman–Crippen MR) is 87.2 cm³/mol. The molecule has 0 aromatic heterocycles. The van der Waals surface area contributed by atoms with Gasteiger partial charge in [-0.3, -0.25) is 0 Å². The van der Waals surface area contributed by atoms with E-state index in [4.69, 9.17) is 10.5 Å². The topological polar surface area (TPSA) is 55.5 Å². The fourth-order valence-electron chi connectivity index (χ4n) is 1.53. The minimum absolute atomic E-state index is 0.271.